The molecule has 1 aliphatic rings. The molecule has 0 bridgehead atoms. The predicted molar refractivity (Wildman–Crippen MR) is 88.8 cm³/mol. The summed E-state index contributed by atoms with van der Waals surface area (Å²) in [7, 11) is 0. The quantitative estimate of drug-likeness (QED) is 0.607. The number of rotatable bonds is 5. The van der Waals surface area contributed by atoms with Crippen LogP contribution in [0.15, 0.2) is 18.2 Å². The van der Waals surface area contributed by atoms with E-state index >= 15 is 0 Å². The molecular formula is C15H19ClN4O4. The SMILES string of the molecule is NCCNC(=O)C1CCCN(C(=O)c2cc(Cl)cc([N+](=O)[O-])c2)C1. The number of hydrogen-bond acceptors (Lipinski definition) is 5. The third kappa shape index (κ3) is 4.42. The lowest BCUT2D eigenvalue weighted by molar-refractivity contribution is -0.384. The molecule has 1 heterocycles. The summed E-state index contributed by atoms with van der Waals surface area (Å²) in [5.41, 5.74) is 5.28. The lowest BCUT2D eigenvalue weighted by atomic mass is 9.96. The van der Waals surface area contributed by atoms with Crippen LogP contribution in [0, 0.1) is 16.0 Å². The number of halogens is 1. The number of piperidine rings is 1. The number of nitrogens with zero attached hydrogens (tertiary/aromatic N) is 2. The number of nitro groups is 1. The van der Waals surface area contributed by atoms with Gasteiger partial charge in [-0.3, -0.25) is 19.7 Å². The lowest BCUT2D eigenvalue weighted by Gasteiger charge is -2.32. The topological polar surface area (TPSA) is 119 Å². The van der Waals surface area contributed by atoms with Crippen LogP contribution in [0.25, 0.3) is 0 Å². The Morgan fingerprint density at radius 1 is 1.42 bits per heavy atom. The van der Waals surface area contributed by atoms with Crippen molar-refractivity contribution in [3.8, 4) is 0 Å². The van der Waals surface area contributed by atoms with Crippen LogP contribution >= 0.6 is 11.6 Å². The van der Waals surface area contributed by atoms with Crippen molar-refractivity contribution in [3.05, 3.63) is 38.9 Å². The molecule has 3 N–H and O–H groups in total. The van der Waals surface area contributed by atoms with Gasteiger partial charge in [-0.1, -0.05) is 11.6 Å². The van der Waals surface area contributed by atoms with E-state index in [9.17, 15) is 19.7 Å². The maximum absolute atomic E-state index is 12.6. The Kier molecular flexibility index (Phi) is 6.10. The van der Waals surface area contributed by atoms with Crippen LogP contribution in [-0.2, 0) is 4.79 Å². The first-order valence-electron chi connectivity index (χ1n) is 7.64. The summed E-state index contributed by atoms with van der Waals surface area (Å²) in [6.07, 6.45) is 1.38. The second-order valence-electron chi connectivity index (χ2n) is 5.63. The second kappa shape index (κ2) is 8.07. The average molecular weight is 355 g/mol. The first-order valence-corrected chi connectivity index (χ1v) is 8.02. The van der Waals surface area contributed by atoms with Crippen molar-refractivity contribution in [2.45, 2.75) is 12.8 Å². The highest BCUT2D eigenvalue weighted by Gasteiger charge is 2.29. The van der Waals surface area contributed by atoms with Gasteiger partial charge in [-0.15, -0.1) is 0 Å². The Morgan fingerprint density at radius 3 is 2.83 bits per heavy atom. The Morgan fingerprint density at radius 2 is 2.17 bits per heavy atom. The fraction of sp³-hybridized carbons (Fsp3) is 0.467. The summed E-state index contributed by atoms with van der Waals surface area (Å²) in [5.74, 6) is -0.796. The third-order valence-electron chi connectivity index (χ3n) is 3.86. The number of likely N-dealkylation sites (tertiary alicyclic amines) is 1. The van der Waals surface area contributed by atoms with Crippen molar-refractivity contribution in [1.29, 1.82) is 0 Å². The number of amides is 2. The molecular weight excluding hydrogens is 336 g/mol. The number of nitro benzene ring substituents is 1. The Hall–Kier alpha value is -2.19. The summed E-state index contributed by atoms with van der Waals surface area (Å²) in [5, 5.41) is 13.8. The van der Waals surface area contributed by atoms with E-state index in [0.717, 1.165) is 0 Å². The molecule has 1 aromatic carbocycles. The van der Waals surface area contributed by atoms with Gasteiger partial charge in [0.25, 0.3) is 11.6 Å². The molecule has 2 rings (SSSR count). The van der Waals surface area contributed by atoms with Gasteiger partial charge in [0.1, 0.15) is 0 Å². The van der Waals surface area contributed by atoms with Crippen molar-refractivity contribution in [2.24, 2.45) is 11.7 Å². The van der Waals surface area contributed by atoms with E-state index in [1.54, 1.807) is 0 Å². The maximum atomic E-state index is 12.6. The van der Waals surface area contributed by atoms with E-state index in [-0.39, 0.29) is 40.6 Å². The van der Waals surface area contributed by atoms with Gasteiger partial charge >= 0.3 is 0 Å². The molecule has 130 valence electrons. The first-order chi connectivity index (χ1) is 11.4. The minimum absolute atomic E-state index is 0.127. The minimum atomic E-state index is -0.595. The molecule has 2 amide bonds. The summed E-state index contributed by atoms with van der Waals surface area (Å²) in [4.78, 5) is 36.5. The Bertz CT molecular complexity index is 652. The van der Waals surface area contributed by atoms with Crippen LogP contribution in [0.2, 0.25) is 5.02 Å². The van der Waals surface area contributed by atoms with Crippen molar-refractivity contribution in [1.82, 2.24) is 10.2 Å². The van der Waals surface area contributed by atoms with Gasteiger partial charge < -0.3 is 16.0 Å². The zero-order chi connectivity index (χ0) is 17.7. The van der Waals surface area contributed by atoms with Crippen molar-refractivity contribution < 1.29 is 14.5 Å². The van der Waals surface area contributed by atoms with Crippen LogP contribution in [-0.4, -0.2) is 47.8 Å². The second-order valence-corrected chi connectivity index (χ2v) is 6.06. The summed E-state index contributed by atoms with van der Waals surface area (Å²) in [6.45, 7) is 1.52. The van der Waals surface area contributed by atoms with E-state index in [1.165, 1.54) is 23.1 Å². The number of benzene rings is 1. The maximum Gasteiger partial charge on any atom is 0.271 e. The van der Waals surface area contributed by atoms with Crippen LogP contribution in [0.1, 0.15) is 23.2 Å². The molecule has 8 nitrogen and oxygen atoms in total. The number of hydrogen-bond donors (Lipinski definition) is 2. The van der Waals surface area contributed by atoms with Gasteiger partial charge in [0.05, 0.1) is 10.8 Å². The monoisotopic (exact) mass is 354 g/mol. The van der Waals surface area contributed by atoms with E-state index in [1.807, 2.05) is 0 Å². The van der Waals surface area contributed by atoms with Gasteiger partial charge in [-0.25, -0.2) is 0 Å². The van der Waals surface area contributed by atoms with Gasteiger partial charge in [0, 0.05) is 48.9 Å². The Balaban J connectivity index is 2.12. The zero-order valence-corrected chi connectivity index (χ0v) is 13.8. The Labute approximate surface area is 144 Å². The van der Waals surface area contributed by atoms with Crippen molar-refractivity contribution >= 4 is 29.1 Å². The van der Waals surface area contributed by atoms with Gasteiger partial charge in [-0.2, -0.15) is 0 Å². The van der Waals surface area contributed by atoms with Gasteiger partial charge in [0.15, 0.2) is 0 Å². The van der Waals surface area contributed by atoms with E-state index in [0.29, 0.717) is 32.5 Å². The molecule has 1 atom stereocenters. The van der Waals surface area contributed by atoms with E-state index in [4.69, 9.17) is 17.3 Å². The van der Waals surface area contributed by atoms with Gasteiger partial charge in [0.2, 0.25) is 5.91 Å². The minimum Gasteiger partial charge on any atom is -0.355 e. The highest BCUT2D eigenvalue weighted by Crippen LogP contribution is 2.24. The first kappa shape index (κ1) is 18.2. The number of carbonyl (C=O) groups is 2. The lowest BCUT2D eigenvalue weighted by Crippen LogP contribution is -2.46. The molecule has 0 radical (unpaired) electrons. The zero-order valence-electron chi connectivity index (χ0n) is 13.0. The summed E-state index contributed by atoms with van der Waals surface area (Å²) < 4.78 is 0. The predicted octanol–water partition coefficient (Wildman–Crippen LogP) is 1.18. The number of nitrogens with one attached hydrogen (secondary N) is 1. The smallest absolute Gasteiger partial charge is 0.271 e. The van der Waals surface area contributed by atoms with Gasteiger partial charge in [-0.05, 0) is 18.9 Å². The highest BCUT2D eigenvalue weighted by molar-refractivity contribution is 6.31. The summed E-state index contributed by atoms with van der Waals surface area (Å²) in [6, 6.07) is 3.79. The largest absolute Gasteiger partial charge is 0.355 e. The van der Waals surface area contributed by atoms with Crippen LogP contribution < -0.4 is 11.1 Å². The number of non-ortho nitro benzene ring substituents is 1. The van der Waals surface area contributed by atoms with Crippen molar-refractivity contribution in [2.75, 3.05) is 26.2 Å². The van der Waals surface area contributed by atoms with Crippen molar-refractivity contribution in [3.63, 3.8) is 0 Å². The fourth-order valence-corrected chi connectivity index (χ4v) is 2.93. The molecule has 0 aromatic heterocycles. The highest BCUT2D eigenvalue weighted by atomic mass is 35.5. The molecule has 1 fully saturated rings. The fourth-order valence-electron chi connectivity index (χ4n) is 2.70. The average Bonchev–Trinajstić information content (AvgIpc) is 2.58. The molecule has 9 heteroatoms. The summed E-state index contributed by atoms with van der Waals surface area (Å²) >= 11 is 5.86. The molecule has 0 saturated carbocycles. The third-order valence-corrected chi connectivity index (χ3v) is 4.08. The van der Waals surface area contributed by atoms with Crippen LogP contribution in [0.4, 0.5) is 5.69 Å². The molecule has 0 aliphatic carbocycles. The molecule has 0 spiro atoms. The number of nitrogens with two attached hydrogens (primary N) is 1. The molecule has 1 saturated heterocycles. The molecule has 1 unspecified atom stereocenters. The van der Waals surface area contributed by atoms with Crippen LogP contribution in [0.3, 0.4) is 0 Å². The van der Waals surface area contributed by atoms with E-state index in [2.05, 4.69) is 5.32 Å². The molecule has 24 heavy (non-hydrogen) atoms. The number of carbonyl (C=O) groups excluding carboxylic acids is 2. The normalized spacial score (nSPS) is 17.4. The molecule has 1 aromatic rings. The standard InChI is InChI=1S/C15H19ClN4O4/c16-12-6-11(7-13(8-12)20(23)24)15(22)19-5-1-2-10(9-19)14(21)18-4-3-17/h6-8,10H,1-5,9,17H2,(H,18,21). The van der Waals surface area contributed by atoms with Crippen LogP contribution in [0.5, 0.6) is 0 Å². The van der Waals surface area contributed by atoms with E-state index < -0.39 is 4.92 Å². The molecule has 1 aliphatic heterocycles.